The van der Waals surface area contributed by atoms with Crippen LogP contribution in [0.25, 0.3) is 10.9 Å². The SMILES string of the molecule is CN1CCNCC1c1cccc2[nH]ccc12. The summed E-state index contributed by atoms with van der Waals surface area (Å²) < 4.78 is 0. The van der Waals surface area contributed by atoms with Crippen LogP contribution >= 0.6 is 0 Å². The average molecular weight is 215 g/mol. The molecule has 1 aromatic heterocycles. The van der Waals surface area contributed by atoms with Gasteiger partial charge in [-0.25, -0.2) is 0 Å². The molecular weight excluding hydrogens is 198 g/mol. The number of hydrogen-bond donors (Lipinski definition) is 2. The third kappa shape index (κ3) is 1.52. The van der Waals surface area contributed by atoms with Crippen LogP contribution in [0.5, 0.6) is 0 Å². The Morgan fingerprint density at radius 3 is 3.12 bits per heavy atom. The highest BCUT2D eigenvalue weighted by Gasteiger charge is 2.21. The van der Waals surface area contributed by atoms with E-state index in [-0.39, 0.29) is 0 Å². The van der Waals surface area contributed by atoms with Crippen molar-refractivity contribution in [1.29, 1.82) is 0 Å². The monoisotopic (exact) mass is 215 g/mol. The van der Waals surface area contributed by atoms with Crippen LogP contribution in [0, 0.1) is 0 Å². The van der Waals surface area contributed by atoms with Crippen molar-refractivity contribution in [3.05, 3.63) is 36.0 Å². The number of piperazine rings is 1. The summed E-state index contributed by atoms with van der Waals surface area (Å²) in [5, 5.41) is 4.82. The fourth-order valence-corrected chi connectivity index (χ4v) is 2.55. The van der Waals surface area contributed by atoms with Crippen LogP contribution in [-0.2, 0) is 0 Å². The Labute approximate surface area is 95.5 Å². The molecule has 0 radical (unpaired) electrons. The smallest absolute Gasteiger partial charge is 0.0476 e. The van der Waals surface area contributed by atoms with Gasteiger partial charge in [-0.05, 0) is 24.7 Å². The number of aromatic nitrogens is 1. The molecule has 3 heteroatoms. The summed E-state index contributed by atoms with van der Waals surface area (Å²) in [4.78, 5) is 5.70. The van der Waals surface area contributed by atoms with E-state index in [1.165, 1.54) is 16.5 Å². The number of rotatable bonds is 1. The fraction of sp³-hybridized carbons (Fsp3) is 0.385. The Bertz CT molecular complexity index is 489. The molecule has 0 saturated carbocycles. The van der Waals surface area contributed by atoms with E-state index >= 15 is 0 Å². The fourth-order valence-electron chi connectivity index (χ4n) is 2.55. The number of hydrogen-bond acceptors (Lipinski definition) is 2. The van der Waals surface area contributed by atoms with Gasteiger partial charge in [0.05, 0.1) is 0 Å². The van der Waals surface area contributed by atoms with E-state index in [0.29, 0.717) is 6.04 Å². The summed E-state index contributed by atoms with van der Waals surface area (Å²) in [7, 11) is 2.21. The third-order valence-corrected chi connectivity index (χ3v) is 3.50. The van der Waals surface area contributed by atoms with Crippen molar-refractivity contribution in [3.8, 4) is 0 Å². The number of nitrogens with zero attached hydrogens (tertiary/aromatic N) is 1. The van der Waals surface area contributed by atoms with Crippen molar-refractivity contribution in [2.45, 2.75) is 6.04 Å². The maximum atomic E-state index is 3.47. The van der Waals surface area contributed by atoms with Crippen LogP contribution in [0.2, 0.25) is 0 Å². The molecule has 1 saturated heterocycles. The topological polar surface area (TPSA) is 31.1 Å². The van der Waals surface area contributed by atoms with Gasteiger partial charge in [-0.2, -0.15) is 0 Å². The number of H-pyrrole nitrogens is 1. The summed E-state index contributed by atoms with van der Waals surface area (Å²) in [5.74, 6) is 0. The molecule has 2 aromatic rings. The van der Waals surface area contributed by atoms with E-state index in [1.54, 1.807) is 0 Å². The van der Waals surface area contributed by atoms with Gasteiger partial charge in [0.2, 0.25) is 0 Å². The van der Waals surface area contributed by atoms with Crippen LogP contribution in [0.1, 0.15) is 11.6 Å². The van der Waals surface area contributed by atoms with E-state index in [0.717, 1.165) is 19.6 Å². The molecule has 1 aliphatic rings. The zero-order chi connectivity index (χ0) is 11.0. The number of aromatic amines is 1. The minimum Gasteiger partial charge on any atom is -0.361 e. The third-order valence-electron chi connectivity index (χ3n) is 3.50. The van der Waals surface area contributed by atoms with E-state index in [1.807, 2.05) is 6.20 Å². The molecule has 16 heavy (non-hydrogen) atoms. The highest BCUT2D eigenvalue weighted by molar-refractivity contribution is 5.83. The molecule has 2 N–H and O–H groups in total. The highest BCUT2D eigenvalue weighted by atomic mass is 15.2. The van der Waals surface area contributed by atoms with Gasteiger partial charge >= 0.3 is 0 Å². The Morgan fingerprint density at radius 2 is 2.25 bits per heavy atom. The quantitative estimate of drug-likeness (QED) is 0.759. The highest BCUT2D eigenvalue weighted by Crippen LogP contribution is 2.27. The van der Waals surface area contributed by atoms with E-state index in [2.05, 4.69) is 46.5 Å². The molecule has 2 heterocycles. The number of likely N-dealkylation sites (N-methyl/N-ethyl adjacent to an activating group) is 1. The molecule has 0 spiro atoms. The molecule has 84 valence electrons. The number of fused-ring (bicyclic) bond motifs is 1. The molecule has 1 unspecified atom stereocenters. The molecular formula is C13H17N3. The van der Waals surface area contributed by atoms with E-state index < -0.39 is 0 Å². The minimum absolute atomic E-state index is 0.494. The van der Waals surface area contributed by atoms with Gasteiger partial charge in [0, 0.05) is 42.8 Å². The molecule has 3 nitrogen and oxygen atoms in total. The largest absolute Gasteiger partial charge is 0.361 e. The van der Waals surface area contributed by atoms with Gasteiger partial charge in [-0.1, -0.05) is 12.1 Å². The maximum absolute atomic E-state index is 3.47. The first kappa shape index (κ1) is 9.87. The van der Waals surface area contributed by atoms with Gasteiger partial charge < -0.3 is 10.3 Å². The Morgan fingerprint density at radius 1 is 1.31 bits per heavy atom. The summed E-state index contributed by atoms with van der Waals surface area (Å²) in [5.41, 5.74) is 2.66. The molecule has 1 fully saturated rings. The Balaban J connectivity index is 2.07. The summed E-state index contributed by atoms with van der Waals surface area (Å²) in [6, 6.07) is 9.18. The van der Waals surface area contributed by atoms with Gasteiger partial charge in [0.1, 0.15) is 0 Å². The first-order chi connectivity index (χ1) is 7.86. The normalized spacial score (nSPS) is 22.7. The Hall–Kier alpha value is -1.32. The van der Waals surface area contributed by atoms with Crippen LogP contribution in [0.15, 0.2) is 30.5 Å². The number of nitrogens with one attached hydrogen (secondary N) is 2. The number of benzene rings is 1. The zero-order valence-electron chi connectivity index (χ0n) is 9.53. The van der Waals surface area contributed by atoms with Crippen molar-refractivity contribution < 1.29 is 0 Å². The lowest BCUT2D eigenvalue weighted by atomic mass is 10.00. The van der Waals surface area contributed by atoms with Crippen molar-refractivity contribution in [1.82, 2.24) is 15.2 Å². The lowest BCUT2D eigenvalue weighted by Gasteiger charge is -2.33. The van der Waals surface area contributed by atoms with Crippen molar-refractivity contribution in [3.63, 3.8) is 0 Å². The van der Waals surface area contributed by atoms with Gasteiger partial charge in [0.15, 0.2) is 0 Å². The molecule has 1 aromatic carbocycles. The second-order valence-corrected chi connectivity index (χ2v) is 4.49. The summed E-state index contributed by atoms with van der Waals surface area (Å²) >= 11 is 0. The molecule has 0 amide bonds. The first-order valence-electron chi connectivity index (χ1n) is 5.83. The van der Waals surface area contributed by atoms with E-state index in [9.17, 15) is 0 Å². The lowest BCUT2D eigenvalue weighted by Crippen LogP contribution is -2.43. The van der Waals surface area contributed by atoms with Crippen LogP contribution in [-0.4, -0.2) is 36.6 Å². The first-order valence-corrected chi connectivity index (χ1v) is 5.83. The summed E-state index contributed by atoms with van der Waals surface area (Å²) in [6.07, 6.45) is 2.02. The predicted octanol–water partition coefficient (Wildman–Crippen LogP) is 1.74. The predicted molar refractivity (Wildman–Crippen MR) is 66.5 cm³/mol. The van der Waals surface area contributed by atoms with Crippen molar-refractivity contribution in [2.75, 3.05) is 26.7 Å². The minimum atomic E-state index is 0.494. The maximum Gasteiger partial charge on any atom is 0.0476 e. The Kier molecular flexibility index (Phi) is 2.42. The summed E-state index contributed by atoms with van der Waals surface area (Å²) in [6.45, 7) is 3.25. The molecule has 0 bridgehead atoms. The average Bonchev–Trinajstić information content (AvgIpc) is 2.77. The lowest BCUT2D eigenvalue weighted by molar-refractivity contribution is 0.203. The van der Waals surface area contributed by atoms with Gasteiger partial charge in [-0.3, -0.25) is 4.90 Å². The van der Waals surface area contributed by atoms with E-state index in [4.69, 9.17) is 0 Å². The second-order valence-electron chi connectivity index (χ2n) is 4.49. The van der Waals surface area contributed by atoms with Crippen LogP contribution in [0.3, 0.4) is 0 Å². The van der Waals surface area contributed by atoms with Crippen molar-refractivity contribution in [2.24, 2.45) is 0 Å². The standard InChI is InChI=1S/C13H17N3/c1-16-8-7-14-9-13(16)11-3-2-4-12-10(11)5-6-15-12/h2-6,13-15H,7-9H2,1H3. The molecule has 1 aliphatic heterocycles. The van der Waals surface area contributed by atoms with Gasteiger partial charge in [0.25, 0.3) is 0 Å². The second kappa shape index (κ2) is 3.92. The van der Waals surface area contributed by atoms with Crippen LogP contribution < -0.4 is 5.32 Å². The van der Waals surface area contributed by atoms with Gasteiger partial charge in [-0.15, -0.1) is 0 Å². The molecule has 1 atom stereocenters. The molecule has 3 rings (SSSR count). The zero-order valence-corrected chi connectivity index (χ0v) is 9.53. The molecule has 0 aliphatic carbocycles. The van der Waals surface area contributed by atoms with Crippen molar-refractivity contribution >= 4 is 10.9 Å². The van der Waals surface area contributed by atoms with Crippen LogP contribution in [0.4, 0.5) is 0 Å².